The molecule has 12 heteroatoms. The zero-order valence-corrected chi connectivity index (χ0v) is 28.8. The summed E-state index contributed by atoms with van der Waals surface area (Å²) in [7, 11) is 1.51. The molecule has 4 rings (SSSR count). The molecule has 2 heterocycles. The molecule has 3 N–H and O–H groups in total. The van der Waals surface area contributed by atoms with E-state index < -0.39 is 47.4 Å². The maximum Gasteiger partial charge on any atom is 0.323 e. The third kappa shape index (κ3) is 9.63. The third-order valence-electron chi connectivity index (χ3n) is 8.25. The summed E-state index contributed by atoms with van der Waals surface area (Å²) < 4.78 is 11.2. The minimum absolute atomic E-state index is 0.0153. The van der Waals surface area contributed by atoms with E-state index in [1.165, 1.54) is 7.05 Å². The zero-order valence-electron chi connectivity index (χ0n) is 28.8. The second-order valence-corrected chi connectivity index (χ2v) is 13.7. The molecule has 1 saturated heterocycles. The number of rotatable bonds is 14. The van der Waals surface area contributed by atoms with Gasteiger partial charge in [0.25, 0.3) is 11.8 Å². The first-order valence-corrected chi connectivity index (χ1v) is 16.6. The lowest BCUT2D eigenvalue weighted by Gasteiger charge is -2.30. The summed E-state index contributed by atoms with van der Waals surface area (Å²) in [6.45, 7) is 11.6. The molecule has 0 aliphatic carbocycles. The number of benzene rings is 2. The number of imide groups is 1. The van der Waals surface area contributed by atoms with Crippen LogP contribution in [0.2, 0.25) is 0 Å². The Hall–Kier alpha value is -4.29. The highest BCUT2D eigenvalue weighted by atomic mass is 16.6. The van der Waals surface area contributed by atoms with Gasteiger partial charge in [0.05, 0.1) is 30.4 Å². The van der Waals surface area contributed by atoms with E-state index in [9.17, 15) is 24.0 Å². The second-order valence-electron chi connectivity index (χ2n) is 13.7. The molecular weight excluding hydrogens is 614 g/mol. The highest BCUT2D eigenvalue weighted by molar-refractivity contribution is 6.21. The summed E-state index contributed by atoms with van der Waals surface area (Å²) in [6, 6.07) is 11.9. The number of carbonyl (C=O) groups is 5. The number of morpholine rings is 1. The average molecular weight is 664 g/mol. The molecule has 12 nitrogen and oxygen atoms in total. The monoisotopic (exact) mass is 663 g/mol. The van der Waals surface area contributed by atoms with Crippen molar-refractivity contribution in [2.45, 2.75) is 77.6 Å². The molecule has 0 aromatic heterocycles. The highest BCUT2D eigenvalue weighted by Gasteiger charge is 2.38. The number of amides is 4. The summed E-state index contributed by atoms with van der Waals surface area (Å²) in [6.07, 6.45) is 0.652. The quantitative estimate of drug-likeness (QED) is 0.205. The average Bonchev–Trinajstić information content (AvgIpc) is 3.29. The Balaban J connectivity index is 1.52. The van der Waals surface area contributed by atoms with Crippen LogP contribution in [-0.4, -0.2) is 98.1 Å². The van der Waals surface area contributed by atoms with Crippen LogP contribution in [0.25, 0.3) is 0 Å². The van der Waals surface area contributed by atoms with Crippen LogP contribution in [0.5, 0.6) is 0 Å². The molecule has 260 valence electrons. The van der Waals surface area contributed by atoms with E-state index in [-0.39, 0.29) is 31.2 Å². The van der Waals surface area contributed by atoms with Gasteiger partial charge in [-0.05, 0) is 63.3 Å². The second kappa shape index (κ2) is 16.2. The molecule has 3 atom stereocenters. The Morgan fingerprint density at radius 2 is 1.56 bits per heavy atom. The lowest BCUT2D eigenvalue weighted by Crippen LogP contribution is -2.57. The Morgan fingerprint density at radius 3 is 2.19 bits per heavy atom. The minimum Gasteiger partial charge on any atom is -0.459 e. The Bertz CT molecular complexity index is 1470. The fraction of sp³-hybridized carbons (Fsp3) is 0.528. The predicted octanol–water partition coefficient (Wildman–Crippen LogP) is 2.70. The molecule has 0 spiro atoms. The Morgan fingerprint density at radius 1 is 0.896 bits per heavy atom. The molecule has 2 aliphatic heterocycles. The van der Waals surface area contributed by atoms with Gasteiger partial charge in [0.2, 0.25) is 11.8 Å². The molecule has 4 amide bonds. The van der Waals surface area contributed by atoms with Crippen LogP contribution in [0.3, 0.4) is 0 Å². The van der Waals surface area contributed by atoms with E-state index in [1.54, 1.807) is 32.9 Å². The van der Waals surface area contributed by atoms with Gasteiger partial charge in [0.1, 0.15) is 17.7 Å². The molecule has 1 fully saturated rings. The topological polar surface area (TPSA) is 146 Å². The molecule has 2 aromatic carbocycles. The molecule has 2 aromatic rings. The lowest BCUT2D eigenvalue weighted by molar-refractivity contribution is -0.158. The van der Waals surface area contributed by atoms with Crippen LogP contribution in [0, 0.1) is 5.92 Å². The summed E-state index contributed by atoms with van der Waals surface area (Å²) in [4.78, 5) is 70.3. The van der Waals surface area contributed by atoms with Gasteiger partial charge >= 0.3 is 5.97 Å². The highest BCUT2D eigenvalue weighted by Crippen LogP contribution is 2.28. The normalized spacial score (nSPS) is 16.7. The minimum atomic E-state index is -1.03. The van der Waals surface area contributed by atoms with E-state index in [0.717, 1.165) is 16.2 Å². The van der Waals surface area contributed by atoms with Gasteiger partial charge in [-0.1, -0.05) is 44.2 Å². The lowest BCUT2D eigenvalue weighted by atomic mass is 9.99. The van der Waals surface area contributed by atoms with E-state index >= 15 is 0 Å². The van der Waals surface area contributed by atoms with Gasteiger partial charge in [-0.15, -0.1) is 0 Å². The van der Waals surface area contributed by atoms with Crippen molar-refractivity contribution < 1.29 is 33.4 Å². The van der Waals surface area contributed by atoms with Crippen molar-refractivity contribution in [2.75, 3.05) is 44.8 Å². The van der Waals surface area contributed by atoms with Crippen LogP contribution in [0.4, 0.5) is 5.69 Å². The summed E-state index contributed by atoms with van der Waals surface area (Å²) in [5.74, 6) is -2.21. The Kier molecular flexibility index (Phi) is 12.3. The third-order valence-corrected chi connectivity index (χ3v) is 8.25. The zero-order chi connectivity index (χ0) is 35.0. The standard InChI is InChI=1S/C36H49N5O7/c1-23(2)20-29(32(43)39-30(31(42)37-6)21-24-10-8-7-9-11-24)38-28(35(46)48-36(3,4)5)14-15-41-33(44)26-13-12-25(22-27(26)34(41)45)40-16-18-47-19-17-40/h7-13,22-23,28-30,38H,14-21H2,1-6H3,(H,37,42)(H,39,43)/t28?,29-,30-/m0/s1. The first-order chi connectivity index (χ1) is 22.8. The Labute approximate surface area is 282 Å². The molecule has 48 heavy (non-hydrogen) atoms. The molecule has 0 bridgehead atoms. The SMILES string of the molecule is CNC(=O)[C@H](Cc1ccccc1)NC(=O)[C@H](CC(C)C)NC(CCN1C(=O)c2ccc(N3CCOCC3)cc2C1=O)C(=O)OC(C)(C)C. The molecule has 0 saturated carbocycles. The first kappa shape index (κ1) is 36.5. The van der Waals surface area contributed by atoms with Crippen molar-refractivity contribution in [3.05, 3.63) is 65.2 Å². The van der Waals surface area contributed by atoms with Gasteiger partial charge < -0.3 is 25.0 Å². The number of hydrogen-bond acceptors (Lipinski definition) is 9. The largest absolute Gasteiger partial charge is 0.459 e. The van der Waals surface area contributed by atoms with Crippen LogP contribution >= 0.6 is 0 Å². The number of esters is 1. The van der Waals surface area contributed by atoms with Gasteiger partial charge in [0.15, 0.2) is 0 Å². The molecule has 0 radical (unpaired) electrons. The fourth-order valence-electron chi connectivity index (χ4n) is 5.87. The van der Waals surface area contributed by atoms with Crippen molar-refractivity contribution in [1.82, 2.24) is 20.9 Å². The van der Waals surface area contributed by atoms with Crippen molar-refractivity contribution in [3.63, 3.8) is 0 Å². The smallest absolute Gasteiger partial charge is 0.323 e. The number of anilines is 1. The van der Waals surface area contributed by atoms with Gasteiger partial charge in [-0.3, -0.25) is 34.2 Å². The van der Waals surface area contributed by atoms with E-state index in [2.05, 4.69) is 20.9 Å². The van der Waals surface area contributed by atoms with Crippen LogP contribution in [0.15, 0.2) is 48.5 Å². The van der Waals surface area contributed by atoms with E-state index in [0.29, 0.717) is 43.9 Å². The van der Waals surface area contributed by atoms with Crippen LogP contribution in [-0.2, 0) is 30.3 Å². The maximum atomic E-state index is 13.8. The number of ether oxygens (including phenoxy) is 2. The van der Waals surface area contributed by atoms with Crippen molar-refractivity contribution in [2.24, 2.45) is 5.92 Å². The predicted molar refractivity (Wildman–Crippen MR) is 182 cm³/mol. The summed E-state index contributed by atoms with van der Waals surface area (Å²) in [5.41, 5.74) is 1.54. The van der Waals surface area contributed by atoms with E-state index in [4.69, 9.17) is 9.47 Å². The van der Waals surface area contributed by atoms with Gasteiger partial charge in [-0.2, -0.15) is 0 Å². The summed E-state index contributed by atoms with van der Waals surface area (Å²) >= 11 is 0. The van der Waals surface area contributed by atoms with Crippen LogP contribution in [0.1, 0.15) is 73.7 Å². The van der Waals surface area contributed by atoms with E-state index in [1.807, 2.05) is 50.2 Å². The number of fused-ring (bicyclic) bond motifs is 1. The number of hydrogen-bond donors (Lipinski definition) is 3. The van der Waals surface area contributed by atoms with Gasteiger partial charge in [-0.25, -0.2) is 0 Å². The molecular formula is C36H49N5O7. The van der Waals surface area contributed by atoms with Crippen molar-refractivity contribution >= 4 is 35.3 Å². The number of likely N-dealkylation sites (N-methyl/N-ethyl adjacent to an activating group) is 1. The number of nitrogens with one attached hydrogen (secondary N) is 3. The van der Waals surface area contributed by atoms with Crippen molar-refractivity contribution in [3.8, 4) is 0 Å². The molecule has 1 unspecified atom stereocenters. The van der Waals surface area contributed by atoms with Gasteiger partial charge in [0, 0.05) is 38.8 Å². The molecule has 2 aliphatic rings. The number of nitrogens with zero attached hydrogens (tertiary/aromatic N) is 2. The fourth-order valence-corrected chi connectivity index (χ4v) is 5.87. The first-order valence-electron chi connectivity index (χ1n) is 16.6. The summed E-state index contributed by atoms with van der Waals surface area (Å²) in [5, 5.41) is 8.67. The van der Waals surface area contributed by atoms with Crippen molar-refractivity contribution in [1.29, 1.82) is 0 Å². The maximum absolute atomic E-state index is 13.8. The van der Waals surface area contributed by atoms with Crippen LogP contribution < -0.4 is 20.9 Å². The number of carbonyl (C=O) groups excluding carboxylic acids is 5.